The number of phosphoric acid groups is 1. The number of phosphoric ester groups is 1. The maximum atomic E-state index is 12.7. The molecule has 0 saturated carbocycles. The lowest BCUT2D eigenvalue weighted by Gasteiger charge is -2.20. The number of carboxylic acid groups (broad SMARTS) is 1. The first-order chi connectivity index (χ1) is 30.1. The van der Waals surface area contributed by atoms with Gasteiger partial charge >= 0.3 is 25.7 Å². The first kappa shape index (κ1) is 59.2. The Kier molecular flexibility index (Phi) is 42.7. The number of carbonyl (C=O) groups is 3. The molecule has 0 fully saturated rings. The van der Waals surface area contributed by atoms with E-state index in [4.69, 9.17) is 24.8 Å². The van der Waals surface area contributed by atoms with Crippen molar-refractivity contribution in [1.82, 2.24) is 0 Å². The molecule has 62 heavy (non-hydrogen) atoms. The molecule has 358 valence electrons. The highest BCUT2D eigenvalue weighted by Crippen LogP contribution is 2.43. The van der Waals surface area contributed by atoms with Crippen molar-refractivity contribution in [3.8, 4) is 0 Å². The van der Waals surface area contributed by atoms with E-state index >= 15 is 0 Å². The van der Waals surface area contributed by atoms with Crippen LogP contribution in [0.1, 0.15) is 206 Å². The fourth-order valence-electron chi connectivity index (χ4n) is 6.45. The summed E-state index contributed by atoms with van der Waals surface area (Å²) in [5.74, 6) is -2.46. The summed E-state index contributed by atoms with van der Waals surface area (Å²) in [5, 5.41) is 8.91. The molecule has 0 rings (SSSR count). The number of ether oxygens (including phenoxy) is 2. The molecule has 12 heteroatoms. The molecule has 0 amide bonds. The maximum absolute atomic E-state index is 12.7. The number of aliphatic carboxylic acids is 1. The van der Waals surface area contributed by atoms with Gasteiger partial charge in [-0.3, -0.25) is 23.4 Å². The van der Waals surface area contributed by atoms with Gasteiger partial charge in [0.1, 0.15) is 12.6 Å². The summed E-state index contributed by atoms with van der Waals surface area (Å²) in [4.78, 5) is 46.0. The van der Waals surface area contributed by atoms with Gasteiger partial charge in [0.25, 0.3) is 0 Å². The molecule has 0 aliphatic heterocycles. The molecule has 3 atom stereocenters. The molecule has 11 nitrogen and oxygen atoms in total. The van der Waals surface area contributed by atoms with E-state index in [9.17, 15) is 23.8 Å². The molecular formula is C50H88NO10P. The van der Waals surface area contributed by atoms with E-state index in [0.717, 1.165) is 70.6 Å². The topological polar surface area (TPSA) is 172 Å². The fraction of sp³-hybridized carbons (Fsp3) is 0.740. The van der Waals surface area contributed by atoms with Crippen molar-refractivity contribution in [1.29, 1.82) is 0 Å². The highest BCUT2D eigenvalue weighted by atomic mass is 31.2. The first-order valence-electron chi connectivity index (χ1n) is 24.3. The Hall–Kier alpha value is -2.82. The molecule has 4 N–H and O–H groups in total. The molecule has 0 spiro atoms. The van der Waals surface area contributed by atoms with Crippen LogP contribution in [-0.4, -0.2) is 59.9 Å². The average Bonchev–Trinajstić information content (AvgIpc) is 3.25. The normalized spacial score (nSPS) is 14.1. The van der Waals surface area contributed by atoms with Gasteiger partial charge in [-0.1, -0.05) is 177 Å². The second-order valence-corrected chi connectivity index (χ2v) is 17.7. The van der Waals surface area contributed by atoms with Crippen molar-refractivity contribution >= 4 is 25.7 Å². The van der Waals surface area contributed by atoms with E-state index < -0.39 is 51.1 Å². The number of rotatable bonds is 45. The van der Waals surface area contributed by atoms with Crippen LogP contribution in [0, 0.1) is 0 Å². The molecule has 0 bridgehead atoms. The molecule has 0 aliphatic carbocycles. The van der Waals surface area contributed by atoms with Crippen LogP contribution < -0.4 is 5.73 Å². The van der Waals surface area contributed by atoms with Crippen LogP contribution in [0.15, 0.2) is 60.8 Å². The lowest BCUT2D eigenvalue weighted by atomic mass is 10.0. The minimum atomic E-state index is -4.74. The molecule has 0 aromatic carbocycles. The van der Waals surface area contributed by atoms with E-state index in [-0.39, 0.29) is 19.4 Å². The Morgan fingerprint density at radius 1 is 0.516 bits per heavy atom. The van der Waals surface area contributed by atoms with Crippen molar-refractivity contribution in [2.24, 2.45) is 5.73 Å². The molecule has 0 saturated heterocycles. The largest absolute Gasteiger partial charge is 0.480 e. The van der Waals surface area contributed by atoms with Gasteiger partial charge in [-0.15, -0.1) is 0 Å². The SMILES string of the molecule is CC/C=C/C/C=C/C/C=C/CCCCCCCC(=O)OC[C@@H](COP(=O)(O)OC[C@H](N)C(=O)O)OC(=O)CCC/C=C/CC/C=C/CCCCCCCCCCCCCCCC. The Morgan fingerprint density at radius 2 is 0.935 bits per heavy atom. The zero-order valence-electron chi connectivity index (χ0n) is 38.9. The van der Waals surface area contributed by atoms with Crippen LogP contribution in [0.4, 0.5) is 0 Å². The average molecular weight is 894 g/mol. The number of nitrogens with two attached hydrogens (primary N) is 1. The summed E-state index contributed by atoms with van der Waals surface area (Å²) < 4.78 is 32.7. The fourth-order valence-corrected chi connectivity index (χ4v) is 7.23. The van der Waals surface area contributed by atoms with Crippen LogP contribution in [0.3, 0.4) is 0 Å². The quantitative estimate of drug-likeness (QED) is 0.0230. The van der Waals surface area contributed by atoms with Gasteiger partial charge in [0.05, 0.1) is 13.2 Å². The molecule has 0 aromatic heterocycles. The summed E-state index contributed by atoms with van der Waals surface area (Å²) in [5.41, 5.74) is 5.34. The molecule has 0 aliphatic rings. The van der Waals surface area contributed by atoms with Gasteiger partial charge in [0.2, 0.25) is 0 Å². The van der Waals surface area contributed by atoms with E-state index in [2.05, 4.69) is 73.1 Å². The van der Waals surface area contributed by atoms with E-state index in [0.29, 0.717) is 19.3 Å². The Bertz CT molecular complexity index is 1280. The Morgan fingerprint density at radius 3 is 1.47 bits per heavy atom. The second kappa shape index (κ2) is 44.8. The zero-order valence-corrected chi connectivity index (χ0v) is 39.8. The van der Waals surface area contributed by atoms with Crippen LogP contribution in [0.5, 0.6) is 0 Å². The number of carboxylic acids is 1. The lowest BCUT2D eigenvalue weighted by molar-refractivity contribution is -0.161. The van der Waals surface area contributed by atoms with Gasteiger partial charge in [-0.2, -0.15) is 0 Å². The number of hydrogen-bond donors (Lipinski definition) is 3. The predicted molar refractivity (Wildman–Crippen MR) is 254 cm³/mol. The first-order valence-corrected chi connectivity index (χ1v) is 25.8. The van der Waals surface area contributed by atoms with Gasteiger partial charge in [-0.05, 0) is 77.0 Å². The van der Waals surface area contributed by atoms with Gasteiger partial charge < -0.3 is 25.2 Å². The Balaban J connectivity index is 4.34. The zero-order chi connectivity index (χ0) is 45.6. The summed E-state index contributed by atoms with van der Waals surface area (Å²) in [6, 6.07) is -1.53. The third kappa shape index (κ3) is 43.8. The summed E-state index contributed by atoms with van der Waals surface area (Å²) in [7, 11) is -4.74. The lowest BCUT2D eigenvalue weighted by Crippen LogP contribution is -2.34. The Labute approximate surface area is 377 Å². The predicted octanol–water partition coefficient (Wildman–Crippen LogP) is 13.5. The second-order valence-electron chi connectivity index (χ2n) is 16.2. The highest BCUT2D eigenvalue weighted by molar-refractivity contribution is 7.47. The van der Waals surface area contributed by atoms with Crippen molar-refractivity contribution in [3.05, 3.63) is 60.8 Å². The highest BCUT2D eigenvalue weighted by Gasteiger charge is 2.28. The number of esters is 2. The van der Waals surface area contributed by atoms with Crippen LogP contribution in [0.25, 0.3) is 0 Å². The van der Waals surface area contributed by atoms with Crippen molar-refractivity contribution in [3.63, 3.8) is 0 Å². The van der Waals surface area contributed by atoms with Gasteiger partial charge in [-0.25, -0.2) is 4.57 Å². The van der Waals surface area contributed by atoms with E-state index in [1.807, 2.05) is 6.08 Å². The van der Waals surface area contributed by atoms with E-state index in [1.165, 1.54) is 89.9 Å². The number of unbranched alkanes of at least 4 members (excludes halogenated alkanes) is 21. The summed E-state index contributed by atoms with van der Waals surface area (Å²) in [6.45, 7) is 2.65. The molecule has 1 unspecified atom stereocenters. The standard InChI is InChI=1S/C50H88NO10P/c1-3-5-7-9-11-13-15-17-19-20-21-22-23-24-25-26-28-30-32-34-36-38-40-42-49(53)61-46(44-59-62(56,57)60-45-47(51)50(54)55)43-58-48(52)41-39-37-35-33-31-29-27-18-16-14-12-10-8-6-4-2/h6,8,12,14,18,26-28,34,36,46-47H,3-5,7,9-11,13,15-17,19-25,29-33,35,37-45,51H2,1-2H3,(H,54,55)(H,56,57)/b8-6+,14-12+,27-18+,28-26+,36-34+/t46-,47-/m0/s1. The minimum absolute atomic E-state index is 0.0956. The molecule has 0 aromatic rings. The van der Waals surface area contributed by atoms with E-state index in [1.54, 1.807) is 0 Å². The van der Waals surface area contributed by atoms with Crippen molar-refractivity contribution in [2.45, 2.75) is 219 Å². The molecular weight excluding hydrogens is 806 g/mol. The monoisotopic (exact) mass is 894 g/mol. The summed E-state index contributed by atoms with van der Waals surface area (Å²) in [6.07, 6.45) is 53.0. The smallest absolute Gasteiger partial charge is 0.472 e. The molecule has 0 heterocycles. The third-order valence-corrected chi connectivity index (χ3v) is 11.2. The third-order valence-electron chi connectivity index (χ3n) is 10.2. The maximum Gasteiger partial charge on any atom is 0.472 e. The van der Waals surface area contributed by atoms with Crippen LogP contribution in [-0.2, 0) is 37.5 Å². The van der Waals surface area contributed by atoms with Gasteiger partial charge in [0.15, 0.2) is 6.10 Å². The minimum Gasteiger partial charge on any atom is -0.480 e. The number of hydrogen-bond acceptors (Lipinski definition) is 9. The van der Waals surface area contributed by atoms with Gasteiger partial charge in [0, 0.05) is 12.8 Å². The number of allylic oxidation sites excluding steroid dienone is 10. The summed E-state index contributed by atoms with van der Waals surface area (Å²) >= 11 is 0. The van der Waals surface area contributed by atoms with Crippen molar-refractivity contribution < 1.29 is 47.5 Å². The van der Waals surface area contributed by atoms with Crippen molar-refractivity contribution in [2.75, 3.05) is 19.8 Å². The number of carbonyl (C=O) groups excluding carboxylic acids is 2. The molecule has 0 radical (unpaired) electrons. The van der Waals surface area contributed by atoms with Crippen LogP contribution in [0.2, 0.25) is 0 Å². The van der Waals surface area contributed by atoms with Crippen LogP contribution >= 0.6 is 7.82 Å².